The number of hydrogen-bond donors (Lipinski definition) is 1. The number of ketones is 1. The largest absolute Gasteiger partial charge is 0.392 e. The number of hydrogen-bond acceptors (Lipinski definition) is 3. The molecule has 0 aromatic carbocycles. The van der Waals surface area contributed by atoms with E-state index >= 15 is 0 Å². The first kappa shape index (κ1) is 9.03. The molecule has 1 aliphatic rings. The number of carbonyl (C=O) groups excluding carboxylic acids is 1. The maximum absolute atomic E-state index is 10.9. The maximum atomic E-state index is 10.9. The molecule has 12 heavy (non-hydrogen) atoms. The fourth-order valence-electron chi connectivity index (χ4n) is 1.14. The first-order chi connectivity index (χ1) is 5.66. The third-order valence-electron chi connectivity index (χ3n) is 2.02. The van der Waals surface area contributed by atoms with Crippen molar-refractivity contribution in [3.8, 4) is 0 Å². The van der Waals surface area contributed by atoms with E-state index in [-0.39, 0.29) is 11.7 Å². The summed E-state index contributed by atoms with van der Waals surface area (Å²) in [5.41, 5.74) is 8.13. The van der Waals surface area contributed by atoms with E-state index in [0.717, 1.165) is 12.8 Å². The van der Waals surface area contributed by atoms with Gasteiger partial charge in [-0.05, 0) is 31.2 Å². The van der Waals surface area contributed by atoms with Crippen LogP contribution >= 0.6 is 0 Å². The van der Waals surface area contributed by atoms with Crippen molar-refractivity contribution in [2.24, 2.45) is 11.0 Å². The van der Waals surface area contributed by atoms with Gasteiger partial charge in [0.15, 0.2) is 0 Å². The van der Waals surface area contributed by atoms with Crippen LogP contribution in [0.15, 0.2) is 5.11 Å². The summed E-state index contributed by atoms with van der Waals surface area (Å²) in [6.45, 7) is 1.32. The molecule has 0 saturated heterocycles. The van der Waals surface area contributed by atoms with Crippen LogP contribution in [0, 0.1) is 5.92 Å². The van der Waals surface area contributed by atoms with Crippen LogP contribution in [0.5, 0.6) is 0 Å². The normalized spacial score (nSPS) is 20.8. The summed E-state index contributed by atoms with van der Waals surface area (Å²) in [7, 11) is 0. The van der Waals surface area contributed by atoms with Crippen molar-refractivity contribution in [3.63, 3.8) is 0 Å². The molecule has 5 heteroatoms. The van der Waals surface area contributed by atoms with E-state index in [2.05, 4.69) is 10.0 Å². The van der Waals surface area contributed by atoms with E-state index in [9.17, 15) is 9.90 Å². The van der Waals surface area contributed by atoms with Gasteiger partial charge in [0.25, 0.3) is 0 Å². The van der Waals surface area contributed by atoms with Gasteiger partial charge in [0, 0.05) is 4.91 Å². The number of aliphatic hydroxyl groups is 1. The Kier molecular flexibility index (Phi) is 2.68. The number of nitrogens with zero attached hydrogens (tertiary/aromatic N) is 3. The summed E-state index contributed by atoms with van der Waals surface area (Å²) < 4.78 is 0. The van der Waals surface area contributed by atoms with E-state index in [0.29, 0.717) is 0 Å². The summed E-state index contributed by atoms with van der Waals surface area (Å²) >= 11 is 0. The minimum absolute atomic E-state index is 0.157. The second kappa shape index (κ2) is 3.56. The zero-order valence-corrected chi connectivity index (χ0v) is 6.84. The molecule has 0 aromatic heterocycles. The van der Waals surface area contributed by atoms with Crippen molar-refractivity contribution in [1.82, 2.24) is 0 Å². The Bertz CT molecular complexity index is 229. The van der Waals surface area contributed by atoms with Crippen molar-refractivity contribution in [1.29, 1.82) is 0 Å². The fourth-order valence-corrected chi connectivity index (χ4v) is 1.14. The minimum Gasteiger partial charge on any atom is -0.392 e. The first-order valence-corrected chi connectivity index (χ1v) is 3.89. The Hall–Kier alpha value is -1.06. The molecule has 0 unspecified atom stereocenters. The molecule has 0 heterocycles. The summed E-state index contributed by atoms with van der Waals surface area (Å²) in [4.78, 5) is 13.4. The van der Waals surface area contributed by atoms with E-state index < -0.39 is 12.1 Å². The summed E-state index contributed by atoms with van der Waals surface area (Å²) in [5, 5.41) is 12.7. The summed E-state index contributed by atoms with van der Waals surface area (Å²) in [6.07, 6.45) is 1.07. The molecule has 0 aromatic rings. The highest BCUT2D eigenvalue weighted by molar-refractivity contribution is 5.82. The fraction of sp³-hybridized carbons (Fsp3) is 0.857. The lowest BCUT2D eigenvalue weighted by atomic mass is 10.0. The topological polar surface area (TPSA) is 86.1 Å². The monoisotopic (exact) mass is 169 g/mol. The third-order valence-corrected chi connectivity index (χ3v) is 2.02. The van der Waals surface area contributed by atoms with Gasteiger partial charge in [-0.1, -0.05) is 5.11 Å². The van der Waals surface area contributed by atoms with Gasteiger partial charge in [-0.25, -0.2) is 0 Å². The van der Waals surface area contributed by atoms with Gasteiger partial charge in [-0.3, -0.25) is 4.79 Å². The molecule has 0 spiro atoms. The highest BCUT2D eigenvalue weighted by Gasteiger charge is 2.36. The van der Waals surface area contributed by atoms with Gasteiger partial charge in [0.2, 0.25) is 0 Å². The molecule has 0 radical (unpaired) electrons. The van der Waals surface area contributed by atoms with Gasteiger partial charge < -0.3 is 5.11 Å². The Morgan fingerprint density at radius 3 is 2.67 bits per heavy atom. The second-order valence-corrected chi connectivity index (χ2v) is 3.09. The highest BCUT2D eigenvalue weighted by Crippen LogP contribution is 2.34. The van der Waals surface area contributed by atoms with Crippen LogP contribution in [0.4, 0.5) is 0 Å². The van der Waals surface area contributed by atoms with E-state index in [4.69, 9.17) is 5.53 Å². The number of azide groups is 1. The van der Waals surface area contributed by atoms with Crippen molar-refractivity contribution >= 4 is 5.78 Å². The molecule has 0 aliphatic heterocycles. The number of carbonyl (C=O) groups is 1. The van der Waals surface area contributed by atoms with Crippen LogP contribution in [-0.4, -0.2) is 23.0 Å². The molecule has 0 amide bonds. The third kappa shape index (κ3) is 1.96. The predicted molar refractivity (Wildman–Crippen MR) is 42.3 cm³/mol. The molecule has 1 N–H and O–H groups in total. The molecule has 1 rings (SSSR count). The quantitative estimate of drug-likeness (QED) is 0.387. The summed E-state index contributed by atoms with van der Waals surface area (Å²) in [5.74, 6) is -0.114. The molecule has 0 bridgehead atoms. The van der Waals surface area contributed by atoms with Crippen LogP contribution in [0.25, 0.3) is 10.4 Å². The van der Waals surface area contributed by atoms with Crippen LogP contribution in [0.3, 0.4) is 0 Å². The Labute approximate surface area is 70.0 Å². The molecule has 1 saturated carbocycles. The minimum atomic E-state index is -0.887. The summed E-state index contributed by atoms with van der Waals surface area (Å²) in [6, 6.07) is -0.887. The molecule has 2 atom stereocenters. The Morgan fingerprint density at radius 2 is 2.33 bits per heavy atom. The molecular formula is C7H11N3O2. The van der Waals surface area contributed by atoms with Gasteiger partial charge in [-0.15, -0.1) is 0 Å². The van der Waals surface area contributed by atoms with Crippen molar-refractivity contribution in [2.75, 3.05) is 0 Å². The van der Waals surface area contributed by atoms with Crippen LogP contribution in [0.2, 0.25) is 0 Å². The van der Waals surface area contributed by atoms with E-state index in [1.54, 1.807) is 0 Å². The van der Waals surface area contributed by atoms with Crippen molar-refractivity contribution in [2.45, 2.75) is 31.9 Å². The second-order valence-electron chi connectivity index (χ2n) is 3.09. The number of rotatable bonds is 4. The molecule has 1 fully saturated rings. The molecule has 5 nitrogen and oxygen atoms in total. The lowest BCUT2D eigenvalue weighted by molar-refractivity contribution is -0.120. The first-order valence-electron chi connectivity index (χ1n) is 3.89. The van der Waals surface area contributed by atoms with E-state index in [1.807, 2.05) is 0 Å². The van der Waals surface area contributed by atoms with E-state index in [1.165, 1.54) is 6.92 Å². The van der Waals surface area contributed by atoms with Crippen LogP contribution in [-0.2, 0) is 4.79 Å². The van der Waals surface area contributed by atoms with Gasteiger partial charge >= 0.3 is 0 Å². The zero-order chi connectivity index (χ0) is 9.14. The molecule has 1 aliphatic carbocycles. The lowest BCUT2D eigenvalue weighted by Gasteiger charge is -2.13. The average Bonchev–Trinajstić information content (AvgIpc) is 2.80. The van der Waals surface area contributed by atoms with Crippen LogP contribution in [0.1, 0.15) is 19.8 Å². The average molecular weight is 169 g/mol. The van der Waals surface area contributed by atoms with Gasteiger partial charge in [-0.2, -0.15) is 0 Å². The Balaban J connectivity index is 2.62. The van der Waals surface area contributed by atoms with Gasteiger partial charge in [0.05, 0.1) is 6.10 Å². The van der Waals surface area contributed by atoms with Crippen molar-refractivity contribution in [3.05, 3.63) is 10.4 Å². The molecule has 66 valence electrons. The Morgan fingerprint density at radius 1 is 1.75 bits per heavy atom. The SMILES string of the molecule is CC(=O)[C@H](N=[N+]=[N-])[C@H](O)C1CC1. The highest BCUT2D eigenvalue weighted by atomic mass is 16.3. The van der Waals surface area contributed by atoms with Crippen LogP contribution < -0.4 is 0 Å². The lowest BCUT2D eigenvalue weighted by Crippen LogP contribution is -2.31. The maximum Gasteiger partial charge on any atom is 0.141 e. The van der Waals surface area contributed by atoms with Gasteiger partial charge in [0.1, 0.15) is 11.8 Å². The zero-order valence-electron chi connectivity index (χ0n) is 6.84. The smallest absolute Gasteiger partial charge is 0.141 e. The standard InChI is InChI=1S/C7H11N3O2/c1-4(11)6(9-10-8)7(12)5-2-3-5/h5-7,12H,2-3H2,1H3/t6-,7+/m0/s1. The predicted octanol–water partition coefficient (Wildman–Crippen LogP) is 1.03. The molecular weight excluding hydrogens is 158 g/mol. The van der Waals surface area contributed by atoms with Crippen molar-refractivity contribution < 1.29 is 9.90 Å². The number of Topliss-reactive ketones (excluding diaryl/α,β-unsaturated/α-hetero) is 1. The number of aliphatic hydroxyl groups excluding tert-OH is 1.